The van der Waals surface area contributed by atoms with Gasteiger partial charge in [-0.1, -0.05) is 13.0 Å². The van der Waals surface area contributed by atoms with Gasteiger partial charge in [-0.25, -0.2) is 9.78 Å². The molecule has 4 amide bonds. The van der Waals surface area contributed by atoms with E-state index >= 15 is 0 Å². The lowest BCUT2D eigenvalue weighted by Crippen LogP contribution is -2.47. The Balaban J connectivity index is 1.30. The van der Waals surface area contributed by atoms with Crippen LogP contribution >= 0.6 is 0 Å². The number of likely N-dealkylation sites (tertiary alicyclic amines) is 1. The highest BCUT2D eigenvalue weighted by Gasteiger charge is 2.64. The molecule has 196 valence electrons. The topological polar surface area (TPSA) is 138 Å². The quantitative estimate of drug-likeness (QED) is 0.447. The van der Waals surface area contributed by atoms with E-state index in [2.05, 4.69) is 33.0 Å². The number of ketones is 1. The molecular weight excluding hydrogens is 486 g/mol. The summed E-state index contributed by atoms with van der Waals surface area (Å²) in [5, 5.41) is 13.5. The van der Waals surface area contributed by atoms with Crippen molar-refractivity contribution < 1.29 is 19.2 Å². The summed E-state index contributed by atoms with van der Waals surface area (Å²) in [6.45, 7) is 7.49. The van der Waals surface area contributed by atoms with Crippen LogP contribution in [-0.2, 0) is 22.7 Å². The highest BCUT2D eigenvalue weighted by molar-refractivity contribution is 6.07. The summed E-state index contributed by atoms with van der Waals surface area (Å²) in [5.41, 5.74) is 3.85. The lowest BCUT2D eigenvalue weighted by molar-refractivity contribution is -0.138. The molecule has 38 heavy (non-hydrogen) atoms. The van der Waals surface area contributed by atoms with Crippen molar-refractivity contribution in [2.75, 3.05) is 10.6 Å². The molecule has 1 aromatic carbocycles. The molecule has 11 nitrogen and oxygen atoms in total. The first-order valence-electron chi connectivity index (χ1n) is 12.7. The van der Waals surface area contributed by atoms with Crippen molar-refractivity contribution in [2.45, 2.75) is 65.7 Å². The molecule has 0 spiro atoms. The Morgan fingerprint density at radius 2 is 1.97 bits per heavy atom. The molecule has 6 rings (SSSR count). The van der Waals surface area contributed by atoms with Crippen molar-refractivity contribution in [3.63, 3.8) is 0 Å². The molecule has 3 aromatic rings. The van der Waals surface area contributed by atoms with Crippen LogP contribution in [0, 0.1) is 19.3 Å². The molecule has 1 saturated heterocycles. The van der Waals surface area contributed by atoms with Crippen molar-refractivity contribution >= 4 is 46.0 Å². The van der Waals surface area contributed by atoms with E-state index in [-0.39, 0.29) is 47.3 Å². The molecule has 11 heteroatoms. The van der Waals surface area contributed by atoms with Gasteiger partial charge in [0.25, 0.3) is 0 Å². The van der Waals surface area contributed by atoms with Gasteiger partial charge in [0.1, 0.15) is 24.1 Å². The number of fused-ring (bicyclic) bond motifs is 3. The standard InChI is InChI=1S/C27H29N7O4/c1-13-5-6-14(2)29-24(13)31-25(37)20-9-27(4)10-21(27)34(20)22(36)12-33-19-7-16-11-28-26(38)30-18(16)8-17(19)23(32-33)15(3)35/h5-8,20-21H,9-12H2,1-4H3,(H2,28,30,38)(H,29,31,37)/t20-,21+,27-/m0/s1. The van der Waals surface area contributed by atoms with E-state index in [4.69, 9.17) is 0 Å². The van der Waals surface area contributed by atoms with Crippen LogP contribution in [0.2, 0.25) is 0 Å². The van der Waals surface area contributed by atoms with E-state index < -0.39 is 6.04 Å². The van der Waals surface area contributed by atoms with Crippen LogP contribution in [0.1, 0.15) is 54.0 Å². The van der Waals surface area contributed by atoms with Gasteiger partial charge in [0.15, 0.2) is 5.78 Å². The third-order valence-corrected chi connectivity index (χ3v) is 7.99. The Labute approximate surface area is 219 Å². The molecule has 0 unspecified atom stereocenters. The lowest BCUT2D eigenvalue weighted by Gasteiger charge is -2.27. The molecule has 3 atom stereocenters. The number of Topliss-reactive ketones (excluding diaryl/α,β-unsaturated/α-hetero) is 1. The molecule has 2 fully saturated rings. The predicted octanol–water partition coefficient (Wildman–Crippen LogP) is 2.90. The average Bonchev–Trinajstić information content (AvgIpc) is 3.23. The van der Waals surface area contributed by atoms with Gasteiger partial charge in [-0.15, -0.1) is 0 Å². The number of carbonyl (C=O) groups excluding carboxylic acids is 4. The fourth-order valence-corrected chi connectivity index (χ4v) is 5.77. The summed E-state index contributed by atoms with van der Waals surface area (Å²) < 4.78 is 1.53. The Hall–Kier alpha value is -4.28. The number of amides is 4. The summed E-state index contributed by atoms with van der Waals surface area (Å²) in [6, 6.07) is 6.42. The Morgan fingerprint density at radius 1 is 1.18 bits per heavy atom. The number of rotatable bonds is 5. The number of hydrogen-bond donors (Lipinski definition) is 3. The average molecular weight is 516 g/mol. The highest BCUT2D eigenvalue weighted by atomic mass is 16.2. The molecule has 3 N–H and O–H groups in total. The maximum absolute atomic E-state index is 13.8. The number of aryl methyl sites for hydroxylation is 2. The van der Waals surface area contributed by atoms with Crippen LogP contribution in [-0.4, -0.2) is 55.4 Å². The van der Waals surface area contributed by atoms with Gasteiger partial charge in [0.05, 0.1) is 5.52 Å². The van der Waals surface area contributed by atoms with Crippen LogP contribution < -0.4 is 16.0 Å². The van der Waals surface area contributed by atoms with E-state index in [1.165, 1.54) is 11.6 Å². The maximum Gasteiger partial charge on any atom is 0.319 e. The van der Waals surface area contributed by atoms with Crippen LogP contribution in [0.4, 0.5) is 16.3 Å². The van der Waals surface area contributed by atoms with Crippen molar-refractivity contribution in [1.29, 1.82) is 0 Å². The summed E-state index contributed by atoms with van der Waals surface area (Å²) >= 11 is 0. The molecular formula is C27H29N7O4. The van der Waals surface area contributed by atoms with E-state index in [1.807, 2.05) is 32.0 Å². The number of nitrogens with zero attached hydrogens (tertiary/aromatic N) is 4. The zero-order valence-corrected chi connectivity index (χ0v) is 21.7. The smallest absolute Gasteiger partial charge is 0.319 e. The summed E-state index contributed by atoms with van der Waals surface area (Å²) in [7, 11) is 0. The first-order valence-corrected chi connectivity index (χ1v) is 12.7. The molecule has 1 saturated carbocycles. The van der Waals surface area contributed by atoms with Crippen LogP contribution in [0.15, 0.2) is 24.3 Å². The largest absolute Gasteiger partial charge is 0.334 e. The number of benzene rings is 1. The van der Waals surface area contributed by atoms with E-state index in [9.17, 15) is 19.2 Å². The van der Waals surface area contributed by atoms with Gasteiger partial charge < -0.3 is 20.9 Å². The van der Waals surface area contributed by atoms with E-state index in [1.54, 1.807) is 11.0 Å². The van der Waals surface area contributed by atoms with Gasteiger partial charge in [0.2, 0.25) is 11.8 Å². The fraction of sp³-hybridized carbons (Fsp3) is 0.407. The van der Waals surface area contributed by atoms with Crippen LogP contribution in [0.3, 0.4) is 0 Å². The molecule has 2 aromatic heterocycles. The maximum atomic E-state index is 13.8. The molecule has 3 aliphatic rings. The molecule has 2 aliphatic heterocycles. The molecule has 1 aliphatic carbocycles. The second-order valence-electron chi connectivity index (χ2n) is 10.9. The van der Waals surface area contributed by atoms with Crippen molar-refractivity contribution in [3.8, 4) is 0 Å². The summed E-state index contributed by atoms with van der Waals surface area (Å²) in [5.74, 6) is -0.217. The van der Waals surface area contributed by atoms with Crippen LogP contribution in [0.5, 0.6) is 0 Å². The SMILES string of the molecule is CC(=O)c1nn(CC(=O)N2[C@H](C(=O)Nc3nc(C)ccc3C)C[C@@]3(C)C[C@@H]23)c2cc3c(cc12)NC(=O)NC3. The van der Waals surface area contributed by atoms with E-state index in [0.29, 0.717) is 35.4 Å². The monoisotopic (exact) mass is 515 g/mol. The third kappa shape index (κ3) is 3.89. The van der Waals surface area contributed by atoms with Crippen molar-refractivity contribution in [3.05, 3.63) is 46.8 Å². The number of aromatic nitrogens is 3. The van der Waals surface area contributed by atoms with Crippen molar-refractivity contribution in [2.24, 2.45) is 5.41 Å². The minimum absolute atomic E-state index is 0.0152. The molecule has 0 radical (unpaired) electrons. The number of anilines is 2. The van der Waals surface area contributed by atoms with Gasteiger partial charge >= 0.3 is 6.03 Å². The van der Waals surface area contributed by atoms with Crippen LogP contribution in [0.25, 0.3) is 10.9 Å². The number of hydrogen-bond acceptors (Lipinski definition) is 6. The van der Waals surface area contributed by atoms with Crippen molar-refractivity contribution in [1.82, 2.24) is 25.0 Å². The highest BCUT2D eigenvalue weighted by Crippen LogP contribution is 2.59. The summed E-state index contributed by atoms with van der Waals surface area (Å²) in [6.07, 6.45) is 1.43. The number of carbonyl (C=O) groups is 4. The molecule has 0 bridgehead atoms. The first-order chi connectivity index (χ1) is 18.0. The number of urea groups is 1. The normalized spacial score (nSPS) is 23.4. The van der Waals surface area contributed by atoms with Gasteiger partial charge in [0, 0.05) is 36.3 Å². The number of pyridine rings is 1. The van der Waals surface area contributed by atoms with Gasteiger partial charge in [-0.2, -0.15) is 5.10 Å². The Kier molecular flexibility index (Phi) is 5.30. The molecule has 4 heterocycles. The minimum Gasteiger partial charge on any atom is -0.334 e. The second kappa shape index (κ2) is 8.37. The van der Waals surface area contributed by atoms with Gasteiger partial charge in [-0.3, -0.25) is 19.1 Å². The fourth-order valence-electron chi connectivity index (χ4n) is 5.77. The van der Waals surface area contributed by atoms with Gasteiger partial charge in [-0.05, 0) is 61.4 Å². The lowest BCUT2D eigenvalue weighted by atomic mass is 10.0. The number of nitrogens with one attached hydrogen (secondary N) is 3. The minimum atomic E-state index is -0.616. The number of piperidine rings is 1. The third-order valence-electron chi connectivity index (χ3n) is 7.99. The van der Waals surface area contributed by atoms with E-state index in [0.717, 1.165) is 23.2 Å². The zero-order chi connectivity index (χ0) is 26.9. The zero-order valence-electron chi connectivity index (χ0n) is 21.7. The Bertz CT molecular complexity index is 1560. The predicted molar refractivity (Wildman–Crippen MR) is 140 cm³/mol. The summed E-state index contributed by atoms with van der Waals surface area (Å²) in [4.78, 5) is 57.5. The second-order valence-corrected chi connectivity index (χ2v) is 10.9. The first kappa shape index (κ1) is 24.1. The Morgan fingerprint density at radius 3 is 2.74 bits per heavy atom.